The van der Waals surface area contributed by atoms with Crippen LogP contribution in [0.5, 0.6) is 0 Å². The zero-order valence-corrected chi connectivity index (χ0v) is 19.3. The summed E-state index contributed by atoms with van der Waals surface area (Å²) in [7, 11) is 0. The van der Waals surface area contributed by atoms with Gasteiger partial charge in [-0.25, -0.2) is 14.1 Å². The average Bonchev–Trinajstić information content (AvgIpc) is 3.49. The monoisotopic (exact) mass is 496 g/mol. The molecular formula is C25H20ClF3N6. The first-order valence-corrected chi connectivity index (χ1v) is 11.3. The molecule has 178 valence electrons. The maximum absolute atomic E-state index is 14.3. The summed E-state index contributed by atoms with van der Waals surface area (Å²) < 4.78 is 41.5. The van der Waals surface area contributed by atoms with E-state index in [-0.39, 0.29) is 11.6 Å². The van der Waals surface area contributed by atoms with Gasteiger partial charge in [0.2, 0.25) is 5.95 Å². The number of rotatable bonds is 7. The van der Waals surface area contributed by atoms with Crippen LogP contribution in [0.1, 0.15) is 24.7 Å². The molecule has 3 heterocycles. The third kappa shape index (κ3) is 4.46. The summed E-state index contributed by atoms with van der Waals surface area (Å²) in [6.07, 6.45) is 2.16. The highest BCUT2D eigenvalue weighted by atomic mass is 35.5. The molecule has 6 nitrogen and oxygen atoms in total. The summed E-state index contributed by atoms with van der Waals surface area (Å²) in [6.45, 7) is -0.564. The number of aromatic nitrogens is 5. The van der Waals surface area contributed by atoms with Crippen molar-refractivity contribution in [2.45, 2.75) is 26.4 Å². The molecule has 0 fully saturated rings. The van der Waals surface area contributed by atoms with Gasteiger partial charge < -0.3 is 10.3 Å². The molecule has 0 aliphatic heterocycles. The lowest BCUT2D eigenvalue weighted by Crippen LogP contribution is -2.03. The van der Waals surface area contributed by atoms with Gasteiger partial charge in [0.25, 0.3) is 0 Å². The number of hydrogen-bond acceptors (Lipinski definition) is 4. The first kappa shape index (κ1) is 22.9. The summed E-state index contributed by atoms with van der Waals surface area (Å²) in [5.74, 6) is -0.0890. The minimum Gasteiger partial charge on any atom is -0.352 e. The zero-order valence-electron chi connectivity index (χ0n) is 18.6. The van der Waals surface area contributed by atoms with Crippen molar-refractivity contribution in [3.63, 3.8) is 0 Å². The number of benzene rings is 2. The van der Waals surface area contributed by atoms with Gasteiger partial charge in [-0.15, -0.1) is 0 Å². The van der Waals surface area contributed by atoms with E-state index >= 15 is 0 Å². The van der Waals surface area contributed by atoms with Crippen LogP contribution in [0.25, 0.3) is 33.5 Å². The fraction of sp³-hybridized carbons (Fsp3) is 0.160. The molecule has 0 saturated heterocycles. The Morgan fingerprint density at radius 2 is 1.91 bits per heavy atom. The van der Waals surface area contributed by atoms with Crippen molar-refractivity contribution >= 4 is 28.5 Å². The normalized spacial score (nSPS) is 11.5. The smallest absolute Gasteiger partial charge is 0.333 e. The molecule has 0 bridgehead atoms. The lowest BCUT2D eigenvalue weighted by atomic mass is 10.1. The quantitative estimate of drug-likeness (QED) is 0.258. The topological polar surface area (TPSA) is 71.4 Å². The molecule has 0 aliphatic rings. The first-order chi connectivity index (χ1) is 16.9. The van der Waals surface area contributed by atoms with E-state index in [2.05, 4.69) is 15.4 Å². The van der Waals surface area contributed by atoms with Crippen LogP contribution in [-0.2, 0) is 13.0 Å². The van der Waals surface area contributed by atoms with Crippen LogP contribution < -0.4 is 5.32 Å². The summed E-state index contributed by atoms with van der Waals surface area (Å²) in [6, 6.07) is 15.6. The third-order valence-corrected chi connectivity index (χ3v) is 5.95. The number of nitrogens with zero attached hydrogens (tertiary/aromatic N) is 4. The molecule has 0 saturated carbocycles. The Balaban J connectivity index is 1.56. The summed E-state index contributed by atoms with van der Waals surface area (Å²) >= 11 is 5.89. The molecule has 0 amide bonds. The van der Waals surface area contributed by atoms with E-state index in [4.69, 9.17) is 21.6 Å². The predicted molar refractivity (Wildman–Crippen MR) is 130 cm³/mol. The summed E-state index contributed by atoms with van der Waals surface area (Å²) in [5, 5.41) is 7.49. The lowest BCUT2D eigenvalue weighted by molar-refractivity contribution is 0.0615. The Morgan fingerprint density at radius 3 is 2.71 bits per heavy atom. The highest BCUT2D eigenvalue weighted by molar-refractivity contribution is 6.30. The van der Waals surface area contributed by atoms with E-state index in [1.807, 2.05) is 25.1 Å². The molecule has 0 spiro atoms. The number of aryl methyl sites for hydroxylation is 1. The number of H-pyrrole nitrogens is 1. The molecule has 35 heavy (non-hydrogen) atoms. The second-order valence-electron chi connectivity index (χ2n) is 7.88. The van der Waals surface area contributed by atoms with Gasteiger partial charge in [-0.3, -0.25) is 4.98 Å². The van der Waals surface area contributed by atoms with Crippen molar-refractivity contribution in [3.8, 4) is 22.6 Å². The second-order valence-corrected chi connectivity index (χ2v) is 8.29. The van der Waals surface area contributed by atoms with Gasteiger partial charge in [0.1, 0.15) is 5.82 Å². The second kappa shape index (κ2) is 9.42. The fourth-order valence-electron chi connectivity index (χ4n) is 3.89. The van der Waals surface area contributed by atoms with E-state index in [9.17, 15) is 13.2 Å². The summed E-state index contributed by atoms with van der Waals surface area (Å²) in [5.41, 5.74) is 4.22. The third-order valence-electron chi connectivity index (χ3n) is 5.66. The number of hydrogen-bond donors (Lipinski definition) is 2. The zero-order chi connectivity index (χ0) is 24.5. The van der Waals surface area contributed by atoms with Gasteiger partial charge in [0.05, 0.1) is 33.8 Å². The standard InChI is InChI=1S/C25H20ClF3N6/c1-2-17-6-4-8-19(32-17)23-22(14-9-10-20-16(11-14)13-31-35(20)24(28)29)33-25(34-23)30-12-15-5-3-7-18(26)21(15)27/h3-11,13,24H,2,12H2,1H3,(H2,30,33,34). The van der Waals surface area contributed by atoms with Gasteiger partial charge in [0, 0.05) is 28.8 Å². The van der Waals surface area contributed by atoms with Crippen LogP contribution in [0.15, 0.2) is 60.8 Å². The molecule has 0 radical (unpaired) electrons. The van der Waals surface area contributed by atoms with Crippen LogP contribution >= 0.6 is 11.6 Å². The number of pyridine rings is 1. The molecular weight excluding hydrogens is 477 g/mol. The maximum atomic E-state index is 14.3. The van der Waals surface area contributed by atoms with E-state index in [1.165, 1.54) is 12.3 Å². The number of aromatic amines is 1. The predicted octanol–water partition coefficient (Wildman–Crippen LogP) is 6.85. The minimum absolute atomic E-state index is 0.0448. The molecule has 3 aromatic heterocycles. The van der Waals surface area contributed by atoms with Crippen LogP contribution in [-0.4, -0.2) is 24.7 Å². The van der Waals surface area contributed by atoms with Crippen molar-refractivity contribution in [1.29, 1.82) is 0 Å². The van der Waals surface area contributed by atoms with Crippen molar-refractivity contribution in [2.75, 3.05) is 5.32 Å². The number of anilines is 1. The Bertz CT molecular complexity index is 1510. The average molecular weight is 497 g/mol. The molecule has 5 aromatic rings. The van der Waals surface area contributed by atoms with Crippen LogP contribution in [0.4, 0.5) is 19.1 Å². The van der Waals surface area contributed by atoms with Crippen molar-refractivity contribution in [3.05, 3.63) is 82.9 Å². The Hall–Kier alpha value is -3.85. The van der Waals surface area contributed by atoms with E-state index < -0.39 is 12.4 Å². The molecule has 0 unspecified atom stereocenters. The Kier molecular flexibility index (Phi) is 6.17. The lowest BCUT2D eigenvalue weighted by Gasteiger charge is -2.06. The largest absolute Gasteiger partial charge is 0.352 e. The molecule has 10 heteroatoms. The first-order valence-electron chi connectivity index (χ1n) is 10.9. The summed E-state index contributed by atoms with van der Waals surface area (Å²) in [4.78, 5) is 12.6. The minimum atomic E-state index is -2.73. The Labute approximate surface area is 203 Å². The fourth-order valence-corrected chi connectivity index (χ4v) is 4.08. The van der Waals surface area contributed by atoms with Crippen LogP contribution in [0.2, 0.25) is 5.02 Å². The van der Waals surface area contributed by atoms with E-state index in [1.54, 1.807) is 30.3 Å². The van der Waals surface area contributed by atoms with E-state index in [0.717, 1.165) is 12.1 Å². The SMILES string of the molecule is CCc1cccc(-c2[nH]c(NCc3cccc(Cl)c3F)nc2-c2ccc3c(cnn3C(F)F)c2)n1. The highest BCUT2D eigenvalue weighted by Crippen LogP contribution is 2.33. The molecule has 0 atom stereocenters. The maximum Gasteiger partial charge on any atom is 0.333 e. The van der Waals surface area contributed by atoms with Crippen molar-refractivity contribution in [1.82, 2.24) is 24.7 Å². The number of nitrogens with one attached hydrogen (secondary N) is 2. The molecule has 2 aromatic carbocycles. The van der Waals surface area contributed by atoms with Gasteiger partial charge in [0.15, 0.2) is 0 Å². The highest BCUT2D eigenvalue weighted by Gasteiger charge is 2.18. The number of alkyl halides is 2. The van der Waals surface area contributed by atoms with Crippen LogP contribution in [0.3, 0.4) is 0 Å². The molecule has 5 rings (SSSR count). The van der Waals surface area contributed by atoms with Crippen molar-refractivity contribution in [2.24, 2.45) is 0 Å². The van der Waals surface area contributed by atoms with Gasteiger partial charge in [-0.05, 0) is 36.8 Å². The van der Waals surface area contributed by atoms with Gasteiger partial charge >= 0.3 is 6.55 Å². The Morgan fingerprint density at radius 1 is 1.09 bits per heavy atom. The van der Waals surface area contributed by atoms with Gasteiger partial charge in [-0.1, -0.05) is 42.8 Å². The van der Waals surface area contributed by atoms with E-state index in [0.29, 0.717) is 49.7 Å². The number of fused-ring (bicyclic) bond motifs is 1. The van der Waals surface area contributed by atoms with Crippen LogP contribution in [0, 0.1) is 5.82 Å². The number of imidazole rings is 1. The molecule has 0 aliphatic carbocycles. The molecule has 2 N–H and O–H groups in total. The van der Waals surface area contributed by atoms with Gasteiger partial charge in [-0.2, -0.15) is 13.9 Å². The van der Waals surface area contributed by atoms with Crippen molar-refractivity contribution < 1.29 is 13.2 Å². The number of halogens is 4.